The predicted molar refractivity (Wildman–Crippen MR) is 82.1 cm³/mol. The molecule has 0 atom stereocenters. The van der Waals surface area contributed by atoms with Crippen molar-refractivity contribution in [2.24, 2.45) is 0 Å². The molecule has 3 N–H and O–H groups in total. The summed E-state index contributed by atoms with van der Waals surface area (Å²) in [6.07, 6.45) is 0. The highest BCUT2D eigenvalue weighted by atomic mass is 16.5. The molecule has 0 unspecified atom stereocenters. The van der Waals surface area contributed by atoms with E-state index in [0.717, 1.165) is 7.11 Å². The van der Waals surface area contributed by atoms with Gasteiger partial charge in [-0.2, -0.15) is 0 Å². The molecule has 2 aromatic rings. The van der Waals surface area contributed by atoms with Crippen molar-refractivity contribution in [1.82, 2.24) is 0 Å². The van der Waals surface area contributed by atoms with Crippen molar-refractivity contribution >= 4 is 11.8 Å². The lowest BCUT2D eigenvalue weighted by atomic mass is 9.92. The Morgan fingerprint density at radius 1 is 0.870 bits per heavy atom. The Morgan fingerprint density at radius 2 is 1.43 bits per heavy atom. The van der Waals surface area contributed by atoms with Crippen molar-refractivity contribution in [3.05, 3.63) is 52.1 Å². The molecule has 0 saturated carbocycles. The van der Waals surface area contributed by atoms with E-state index >= 15 is 0 Å². The molecule has 0 saturated heterocycles. The van der Waals surface area contributed by atoms with Gasteiger partial charge >= 0.3 is 5.97 Å². The van der Waals surface area contributed by atoms with E-state index in [2.05, 4.69) is 4.74 Å². The van der Waals surface area contributed by atoms with Gasteiger partial charge in [-0.15, -0.1) is 0 Å². The molecule has 6 nitrogen and oxygen atoms in total. The third-order valence-corrected chi connectivity index (χ3v) is 3.48. The number of esters is 1. The van der Waals surface area contributed by atoms with Crippen LogP contribution in [0, 0.1) is 13.8 Å². The van der Waals surface area contributed by atoms with Crippen LogP contribution in [0.4, 0.5) is 0 Å². The van der Waals surface area contributed by atoms with Gasteiger partial charge in [0.1, 0.15) is 22.8 Å². The molecule has 0 heterocycles. The van der Waals surface area contributed by atoms with Gasteiger partial charge in [0, 0.05) is 0 Å². The van der Waals surface area contributed by atoms with Gasteiger partial charge in [0.15, 0.2) is 0 Å². The molecule has 0 aliphatic carbocycles. The van der Waals surface area contributed by atoms with Crippen molar-refractivity contribution in [2.75, 3.05) is 7.11 Å². The second-order valence-electron chi connectivity index (χ2n) is 5.15. The second-order valence-corrected chi connectivity index (χ2v) is 5.15. The van der Waals surface area contributed by atoms with Gasteiger partial charge in [0.05, 0.1) is 18.2 Å². The smallest absolute Gasteiger partial charge is 0.339 e. The third kappa shape index (κ3) is 2.83. The van der Waals surface area contributed by atoms with Crippen LogP contribution < -0.4 is 0 Å². The summed E-state index contributed by atoms with van der Waals surface area (Å²) in [5.74, 6) is -3.00. The van der Waals surface area contributed by atoms with Gasteiger partial charge < -0.3 is 20.1 Å². The third-order valence-electron chi connectivity index (χ3n) is 3.48. The largest absolute Gasteiger partial charge is 0.507 e. The van der Waals surface area contributed by atoms with Gasteiger partial charge in [0.2, 0.25) is 5.78 Å². The van der Waals surface area contributed by atoms with Gasteiger partial charge in [-0.05, 0) is 43.2 Å². The van der Waals surface area contributed by atoms with E-state index in [1.165, 1.54) is 24.3 Å². The number of phenols is 3. The molecule has 0 amide bonds. The van der Waals surface area contributed by atoms with Crippen molar-refractivity contribution in [3.8, 4) is 17.2 Å². The molecule has 0 aliphatic heterocycles. The summed E-state index contributed by atoms with van der Waals surface area (Å²) < 4.78 is 4.65. The molecule has 120 valence electrons. The lowest BCUT2D eigenvalue weighted by molar-refractivity contribution is 0.0596. The number of benzene rings is 2. The maximum Gasteiger partial charge on any atom is 0.339 e. The van der Waals surface area contributed by atoms with Crippen LogP contribution in [-0.4, -0.2) is 34.2 Å². The van der Waals surface area contributed by atoms with Crippen molar-refractivity contribution in [1.29, 1.82) is 0 Å². The number of rotatable bonds is 3. The van der Waals surface area contributed by atoms with Crippen molar-refractivity contribution < 1.29 is 29.6 Å². The molecule has 0 aromatic heterocycles. The van der Waals surface area contributed by atoms with Crippen LogP contribution in [0.5, 0.6) is 17.2 Å². The number of methoxy groups -OCH3 is 1. The van der Waals surface area contributed by atoms with E-state index in [1.807, 2.05) is 0 Å². The summed E-state index contributed by atoms with van der Waals surface area (Å²) in [5, 5.41) is 30.0. The molecule has 23 heavy (non-hydrogen) atoms. The fraction of sp³-hybridized carbons (Fsp3) is 0.176. The van der Waals surface area contributed by atoms with E-state index in [0.29, 0.717) is 11.1 Å². The van der Waals surface area contributed by atoms with Crippen LogP contribution in [0.15, 0.2) is 24.3 Å². The first-order chi connectivity index (χ1) is 10.8. The summed E-state index contributed by atoms with van der Waals surface area (Å²) in [7, 11) is 1.15. The number of aryl methyl sites for hydroxylation is 2. The molecule has 0 spiro atoms. The quantitative estimate of drug-likeness (QED) is 0.593. The van der Waals surface area contributed by atoms with E-state index in [1.54, 1.807) is 13.8 Å². The predicted octanol–water partition coefficient (Wildman–Crippen LogP) is 2.44. The SMILES string of the molecule is COC(=O)c1c(C)ccc(O)c1C(=O)c1c(O)cc(C)cc1O. The first kappa shape index (κ1) is 16.4. The Kier molecular flexibility index (Phi) is 4.27. The van der Waals surface area contributed by atoms with Crippen molar-refractivity contribution in [3.63, 3.8) is 0 Å². The summed E-state index contributed by atoms with van der Waals surface area (Å²) in [5.41, 5.74) is 0.145. The van der Waals surface area contributed by atoms with Crippen LogP contribution >= 0.6 is 0 Å². The minimum absolute atomic E-state index is 0.114. The lowest BCUT2D eigenvalue weighted by Gasteiger charge is -2.14. The van der Waals surface area contributed by atoms with Crippen LogP contribution in [0.25, 0.3) is 0 Å². The van der Waals surface area contributed by atoms with E-state index in [4.69, 9.17) is 0 Å². The fourth-order valence-electron chi connectivity index (χ4n) is 2.40. The minimum atomic E-state index is -0.874. The highest BCUT2D eigenvalue weighted by molar-refractivity contribution is 6.18. The Balaban J connectivity index is 2.75. The zero-order valence-electron chi connectivity index (χ0n) is 12.9. The Bertz CT molecular complexity index is 784. The Labute approximate surface area is 132 Å². The molecule has 0 bridgehead atoms. The van der Waals surface area contributed by atoms with E-state index in [-0.39, 0.29) is 16.7 Å². The molecule has 6 heteroatoms. The maximum absolute atomic E-state index is 12.7. The summed E-state index contributed by atoms with van der Waals surface area (Å²) in [4.78, 5) is 24.7. The lowest BCUT2D eigenvalue weighted by Crippen LogP contribution is -2.14. The number of phenolic OH excluding ortho intramolecular Hbond substituents is 3. The highest BCUT2D eigenvalue weighted by Gasteiger charge is 2.28. The molecule has 2 rings (SSSR count). The number of carbonyl (C=O) groups excluding carboxylic acids is 2. The molecular formula is C17H16O6. The van der Waals surface area contributed by atoms with E-state index < -0.39 is 29.0 Å². The second kappa shape index (κ2) is 6.00. The van der Waals surface area contributed by atoms with Gasteiger partial charge in [-0.1, -0.05) is 6.07 Å². The number of hydrogen-bond acceptors (Lipinski definition) is 6. The molecular weight excluding hydrogens is 300 g/mol. The number of aromatic hydroxyl groups is 3. The van der Waals surface area contributed by atoms with Crippen LogP contribution in [0.2, 0.25) is 0 Å². The summed E-state index contributed by atoms with van der Waals surface area (Å²) >= 11 is 0. The molecule has 0 aliphatic rings. The minimum Gasteiger partial charge on any atom is -0.507 e. The average molecular weight is 316 g/mol. The number of ether oxygens (including phenoxy) is 1. The molecule has 0 radical (unpaired) electrons. The zero-order valence-corrected chi connectivity index (χ0v) is 12.9. The number of carbonyl (C=O) groups is 2. The maximum atomic E-state index is 12.7. The van der Waals surface area contributed by atoms with Gasteiger partial charge in [0.25, 0.3) is 0 Å². The normalized spacial score (nSPS) is 10.4. The standard InChI is InChI=1S/C17H16O6/c1-8-6-11(19)14(12(20)7-8)16(21)15-10(18)5-4-9(2)13(15)17(22)23-3/h4-7,18-20H,1-3H3. The first-order valence-corrected chi connectivity index (χ1v) is 6.76. The average Bonchev–Trinajstić information content (AvgIpc) is 2.47. The Hall–Kier alpha value is -3.02. The Morgan fingerprint density at radius 3 is 1.96 bits per heavy atom. The monoisotopic (exact) mass is 316 g/mol. The topological polar surface area (TPSA) is 104 Å². The highest BCUT2D eigenvalue weighted by Crippen LogP contribution is 2.35. The van der Waals surface area contributed by atoms with Crippen LogP contribution in [0.1, 0.15) is 37.4 Å². The zero-order chi connectivity index (χ0) is 17.3. The van der Waals surface area contributed by atoms with Gasteiger partial charge in [-0.3, -0.25) is 4.79 Å². The number of ketones is 1. The first-order valence-electron chi connectivity index (χ1n) is 6.76. The summed E-state index contributed by atoms with van der Waals surface area (Å²) in [6.45, 7) is 3.22. The fourth-order valence-corrected chi connectivity index (χ4v) is 2.40. The molecule has 2 aromatic carbocycles. The molecule has 0 fully saturated rings. The van der Waals surface area contributed by atoms with Crippen LogP contribution in [0.3, 0.4) is 0 Å². The van der Waals surface area contributed by atoms with Crippen LogP contribution in [-0.2, 0) is 4.74 Å². The van der Waals surface area contributed by atoms with Gasteiger partial charge in [-0.25, -0.2) is 4.79 Å². The summed E-state index contributed by atoms with van der Waals surface area (Å²) in [6, 6.07) is 5.33. The van der Waals surface area contributed by atoms with E-state index in [9.17, 15) is 24.9 Å². The van der Waals surface area contributed by atoms with Crippen molar-refractivity contribution in [2.45, 2.75) is 13.8 Å². The number of hydrogen-bond donors (Lipinski definition) is 3.